The summed E-state index contributed by atoms with van der Waals surface area (Å²) >= 11 is 6.51. The number of amides is 2. The summed E-state index contributed by atoms with van der Waals surface area (Å²) in [6.07, 6.45) is 3.98. The van der Waals surface area contributed by atoms with Gasteiger partial charge in [0.2, 0.25) is 0 Å². The Morgan fingerprint density at radius 3 is 2.56 bits per heavy atom. The van der Waals surface area contributed by atoms with Crippen LogP contribution in [0.1, 0.15) is 46.4 Å². The first-order chi connectivity index (χ1) is 19.9. The second kappa shape index (κ2) is 11.3. The summed E-state index contributed by atoms with van der Waals surface area (Å²) in [6, 6.07) is 12.4. The Bertz CT molecular complexity index is 1670. The number of aromatic hydroxyl groups is 1. The fourth-order valence-electron chi connectivity index (χ4n) is 6.32. The molecule has 214 valence electrons. The van der Waals surface area contributed by atoms with Crippen LogP contribution in [0.5, 0.6) is 11.5 Å². The lowest BCUT2D eigenvalue weighted by Gasteiger charge is -2.34. The number of aliphatic hydroxyl groups excluding tert-OH is 2. The molecule has 9 nitrogen and oxygen atoms in total. The van der Waals surface area contributed by atoms with Crippen LogP contribution in [0, 0.1) is 0 Å². The molecule has 2 amide bonds. The van der Waals surface area contributed by atoms with E-state index < -0.39 is 11.8 Å². The van der Waals surface area contributed by atoms with Crippen LogP contribution in [0.15, 0.2) is 42.5 Å². The number of rotatable bonds is 9. The van der Waals surface area contributed by atoms with Gasteiger partial charge in [-0.25, -0.2) is 0 Å². The molecule has 0 radical (unpaired) electrons. The minimum atomic E-state index is -0.523. The van der Waals surface area contributed by atoms with Gasteiger partial charge in [-0.2, -0.15) is 0 Å². The summed E-state index contributed by atoms with van der Waals surface area (Å²) in [6.45, 7) is 2.33. The highest BCUT2D eigenvalue weighted by atomic mass is 35.5. The summed E-state index contributed by atoms with van der Waals surface area (Å²) in [7, 11) is 0. The normalized spacial score (nSPS) is 17.4. The Labute approximate surface area is 241 Å². The zero-order chi connectivity index (χ0) is 28.7. The molecule has 4 N–H and O–H groups in total. The summed E-state index contributed by atoms with van der Waals surface area (Å²) in [5, 5.41) is 34.5. The first-order valence-corrected chi connectivity index (χ1v) is 14.4. The van der Waals surface area contributed by atoms with Crippen molar-refractivity contribution in [2.75, 3.05) is 32.9 Å². The topological polar surface area (TPSA) is 124 Å². The van der Waals surface area contributed by atoms with Gasteiger partial charge in [0, 0.05) is 46.6 Å². The summed E-state index contributed by atoms with van der Waals surface area (Å²) in [4.78, 5) is 28.4. The Hall–Kier alpha value is -3.63. The van der Waals surface area contributed by atoms with E-state index in [-0.39, 0.29) is 42.7 Å². The highest BCUT2D eigenvalue weighted by molar-refractivity contribution is 6.36. The number of imide groups is 1. The highest BCUT2D eigenvalue weighted by Crippen LogP contribution is 2.44. The molecule has 2 aliphatic heterocycles. The fraction of sp³-hybridized carbons (Fsp3) is 0.355. The van der Waals surface area contributed by atoms with Crippen molar-refractivity contribution < 1.29 is 29.6 Å². The van der Waals surface area contributed by atoms with Crippen molar-refractivity contribution in [3.05, 3.63) is 58.6 Å². The predicted octanol–water partition coefficient (Wildman–Crippen LogP) is 4.31. The Morgan fingerprint density at radius 2 is 1.78 bits per heavy atom. The Morgan fingerprint density at radius 1 is 0.976 bits per heavy atom. The first kappa shape index (κ1) is 27.5. The maximum absolute atomic E-state index is 13.1. The number of likely N-dealkylation sites (tertiary alicyclic amines) is 1. The van der Waals surface area contributed by atoms with Gasteiger partial charge in [0.25, 0.3) is 11.8 Å². The number of ether oxygens (including phenoxy) is 1. The second-order valence-electron chi connectivity index (χ2n) is 10.6. The largest absolute Gasteiger partial charge is 0.504 e. The van der Waals surface area contributed by atoms with Crippen LogP contribution >= 0.6 is 11.6 Å². The molecule has 2 aliphatic rings. The van der Waals surface area contributed by atoms with Gasteiger partial charge in [-0.1, -0.05) is 36.2 Å². The Kier molecular flexibility index (Phi) is 7.61. The SMILES string of the molecule is O=C1NC(=O)c2c1c(-c1ccccc1Cl)cc1c2c2cc(O)c(OCCCN3CCCCC3CO)cc2n1CCO. The van der Waals surface area contributed by atoms with E-state index in [0.29, 0.717) is 50.3 Å². The molecular formula is C31H32ClN3O6. The molecule has 10 heteroatoms. The second-order valence-corrected chi connectivity index (χ2v) is 11.0. The molecule has 1 unspecified atom stereocenters. The first-order valence-electron chi connectivity index (χ1n) is 14.0. The third-order valence-electron chi connectivity index (χ3n) is 8.21. The average Bonchev–Trinajstić information content (AvgIpc) is 3.43. The number of benzene rings is 3. The van der Waals surface area contributed by atoms with Crippen molar-refractivity contribution in [2.24, 2.45) is 0 Å². The van der Waals surface area contributed by atoms with Crippen LogP contribution in [-0.2, 0) is 6.54 Å². The van der Waals surface area contributed by atoms with Gasteiger partial charge in [-0.3, -0.25) is 19.8 Å². The smallest absolute Gasteiger partial charge is 0.259 e. The number of hydrogen-bond acceptors (Lipinski definition) is 7. The quantitative estimate of drug-likeness (QED) is 0.173. The van der Waals surface area contributed by atoms with Gasteiger partial charge >= 0.3 is 0 Å². The maximum atomic E-state index is 13.1. The van der Waals surface area contributed by atoms with Gasteiger partial charge in [-0.05, 0) is 49.6 Å². The number of aromatic nitrogens is 1. The molecule has 1 saturated heterocycles. The molecule has 1 fully saturated rings. The minimum Gasteiger partial charge on any atom is -0.504 e. The number of aliphatic hydroxyl groups is 2. The van der Waals surface area contributed by atoms with E-state index in [1.165, 1.54) is 0 Å². The predicted molar refractivity (Wildman–Crippen MR) is 157 cm³/mol. The molecule has 0 saturated carbocycles. The van der Waals surface area contributed by atoms with Gasteiger partial charge in [0.1, 0.15) is 0 Å². The molecule has 0 aliphatic carbocycles. The van der Waals surface area contributed by atoms with Gasteiger partial charge < -0.3 is 24.6 Å². The van der Waals surface area contributed by atoms with Crippen molar-refractivity contribution in [3.63, 3.8) is 0 Å². The molecule has 41 heavy (non-hydrogen) atoms. The van der Waals surface area contributed by atoms with Crippen molar-refractivity contribution in [2.45, 2.75) is 38.3 Å². The number of fused-ring (bicyclic) bond motifs is 5. The van der Waals surface area contributed by atoms with Gasteiger partial charge in [0.15, 0.2) is 11.5 Å². The third-order valence-corrected chi connectivity index (χ3v) is 8.54. The maximum Gasteiger partial charge on any atom is 0.259 e. The molecular weight excluding hydrogens is 546 g/mol. The minimum absolute atomic E-state index is 0.0829. The van der Waals surface area contributed by atoms with Gasteiger partial charge in [0.05, 0.1) is 42.0 Å². The number of nitrogens with zero attached hydrogens (tertiary/aromatic N) is 2. The summed E-state index contributed by atoms with van der Waals surface area (Å²) < 4.78 is 7.88. The lowest BCUT2D eigenvalue weighted by atomic mass is 9.93. The number of nitrogens with one attached hydrogen (secondary N) is 1. The van der Waals surface area contributed by atoms with Crippen molar-refractivity contribution in [3.8, 4) is 22.6 Å². The standard InChI is InChI=1S/C31H32ClN3O6/c32-22-8-2-1-7-19(22)20-14-24-27(29-28(20)30(39)33-31(29)40)21-15-25(38)26(16-23(21)35(24)11-12-36)41-13-5-10-34-9-4-3-6-18(34)17-37/h1-2,7-8,14-16,18,36-38H,3-6,9-13,17H2,(H,33,39,40). The number of halogens is 1. The van der Waals surface area contributed by atoms with Gasteiger partial charge in [-0.15, -0.1) is 0 Å². The van der Waals surface area contributed by atoms with Crippen molar-refractivity contribution >= 4 is 45.2 Å². The lowest BCUT2D eigenvalue weighted by molar-refractivity contribution is 0.0850. The zero-order valence-corrected chi connectivity index (χ0v) is 23.3. The van der Waals surface area contributed by atoms with E-state index in [1.54, 1.807) is 30.3 Å². The van der Waals surface area contributed by atoms with E-state index in [2.05, 4.69) is 10.2 Å². The number of phenols is 1. The van der Waals surface area contributed by atoms with Crippen LogP contribution in [-0.4, -0.2) is 75.6 Å². The summed E-state index contributed by atoms with van der Waals surface area (Å²) in [5.41, 5.74) is 2.87. The van der Waals surface area contributed by atoms with Crippen LogP contribution in [0.4, 0.5) is 0 Å². The number of phenolic OH excluding ortho intramolecular Hbond substituents is 1. The lowest BCUT2D eigenvalue weighted by Crippen LogP contribution is -2.42. The number of carbonyl (C=O) groups excluding carboxylic acids is 2. The van der Waals surface area contributed by atoms with E-state index >= 15 is 0 Å². The molecule has 3 heterocycles. The fourth-order valence-corrected chi connectivity index (χ4v) is 6.55. The van der Waals surface area contributed by atoms with E-state index in [4.69, 9.17) is 16.3 Å². The highest BCUT2D eigenvalue weighted by Gasteiger charge is 2.35. The number of carbonyl (C=O) groups is 2. The van der Waals surface area contributed by atoms with Crippen LogP contribution < -0.4 is 10.1 Å². The molecule has 0 spiro atoms. The number of piperidine rings is 1. The monoisotopic (exact) mass is 577 g/mol. The number of hydrogen-bond donors (Lipinski definition) is 4. The molecule has 3 aromatic carbocycles. The molecule has 6 rings (SSSR count). The average molecular weight is 578 g/mol. The van der Waals surface area contributed by atoms with Crippen LogP contribution in [0.2, 0.25) is 5.02 Å². The van der Waals surface area contributed by atoms with E-state index in [1.807, 2.05) is 16.7 Å². The summed E-state index contributed by atoms with van der Waals surface area (Å²) in [5.74, 6) is -0.822. The Balaban J connectivity index is 1.42. The molecule has 1 aromatic heterocycles. The third kappa shape index (κ3) is 4.82. The van der Waals surface area contributed by atoms with Crippen LogP contribution in [0.3, 0.4) is 0 Å². The molecule has 4 aromatic rings. The molecule has 0 bridgehead atoms. The van der Waals surface area contributed by atoms with E-state index in [9.17, 15) is 24.9 Å². The van der Waals surface area contributed by atoms with Crippen molar-refractivity contribution in [1.82, 2.24) is 14.8 Å². The zero-order valence-electron chi connectivity index (χ0n) is 22.5. The van der Waals surface area contributed by atoms with E-state index in [0.717, 1.165) is 38.8 Å². The molecule has 1 atom stereocenters. The van der Waals surface area contributed by atoms with Crippen molar-refractivity contribution in [1.29, 1.82) is 0 Å². The van der Waals surface area contributed by atoms with Crippen LogP contribution in [0.25, 0.3) is 32.9 Å².